The summed E-state index contributed by atoms with van der Waals surface area (Å²) in [5, 5.41) is 11.9. The van der Waals surface area contributed by atoms with Crippen molar-refractivity contribution in [2.24, 2.45) is 0 Å². The molecule has 1 N–H and O–H groups in total. The van der Waals surface area contributed by atoms with Crippen LogP contribution in [0.2, 0.25) is 0 Å². The first-order valence-electron chi connectivity index (χ1n) is 18.8. The predicted molar refractivity (Wildman–Crippen MR) is 217 cm³/mol. The molecule has 0 aliphatic carbocycles. The second-order valence-electron chi connectivity index (χ2n) is 14.6. The minimum atomic E-state index is -6.62. The van der Waals surface area contributed by atoms with Crippen LogP contribution >= 0.6 is 0 Å². The zero-order chi connectivity index (χ0) is 60.2. The van der Waals surface area contributed by atoms with Crippen molar-refractivity contribution in [2.45, 2.75) is 68.3 Å². The molecule has 0 spiro atoms. The van der Waals surface area contributed by atoms with Gasteiger partial charge in [0.2, 0.25) is 69.5 Å². The van der Waals surface area contributed by atoms with Crippen LogP contribution in [0, 0.1) is 0 Å². The summed E-state index contributed by atoms with van der Waals surface area (Å²) < 4.78 is 379. The first kappa shape index (κ1) is 101. The Hall–Kier alpha value is 4.48. The SMILES string of the molecule is C[C@@H]1O[C@@H](OC[C@H]2O[C@@H](Oc3c(-c4ccc(OS(=O)(=O)[O-])c(OS(=O)(=O)[O-])c4)oc4cc(OS(=O)(=O)[O-])cc([O-])c4c3=O)[C@H](OS(=O)(=O)O)[C@@H](OS(=O)(=O)[O-])[C@@H]2OS(=O)(=O)[O-])[C@H](OS(=O)(=O)[O-])[C@H](OS(=O)(=O)[O-])[C@H]1OS(=O)(=O)[O-].[Na+].[Na+].[Na+].[Na+].[Na+].[Na+].[Na+].[Na+].[Na+]. The predicted octanol–water partition coefficient (Wildman–Crippen LogP) is -34.6. The van der Waals surface area contributed by atoms with Gasteiger partial charge in [0.1, 0.15) is 41.9 Å². The van der Waals surface area contributed by atoms with Crippen LogP contribution in [-0.4, -0.2) is 185 Å². The van der Waals surface area contributed by atoms with Crippen LogP contribution < -0.4 is 294 Å². The maximum atomic E-state index is 14.4. The molecule has 3 aromatic rings. The zero-order valence-corrected chi connectivity index (χ0v) is 71.0. The molecule has 2 aliphatic rings. The van der Waals surface area contributed by atoms with Gasteiger partial charge in [-0.1, -0.05) is 5.75 Å². The van der Waals surface area contributed by atoms with Gasteiger partial charge in [0.25, 0.3) is 31.2 Å². The van der Waals surface area contributed by atoms with Crippen molar-refractivity contribution >= 4 is 105 Å². The van der Waals surface area contributed by atoms with E-state index in [4.69, 9.17) is 23.4 Å². The monoisotopic (exact) mass is 1530 g/mol. The van der Waals surface area contributed by atoms with Crippen LogP contribution in [0.5, 0.6) is 28.7 Å². The van der Waals surface area contributed by atoms with Gasteiger partial charge >= 0.3 is 276 Å². The van der Waals surface area contributed by atoms with E-state index >= 15 is 0 Å². The van der Waals surface area contributed by atoms with Crippen molar-refractivity contribution in [1.82, 2.24) is 0 Å². The van der Waals surface area contributed by atoms with Crippen LogP contribution in [0.3, 0.4) is 0 Å². The maximum absolute atomic E-state index is 14.4. The molecule has 0 bridgehead atoms. The van der Waals surface area contributed by atoms with E-state index in [0.717, 1.165) is 0 Å². The molecule has 0 radical (unpaired) electrons. The second kappa shape index (κ2) is 39.1. The Kier molecular flexibility index (Phi) is 44.9. The summed E-state index contributed by atoms with van der Waals surface area (Å²) in [6, 6.07) is 0.934. The molecule has 88 heavy (non-hydrogen) atoms. The van der Waals surface area contributed by atoms with Gasteiger partial charge in [-0.3, -0.25) is 30.3 Å². The van der Waals surface area contributed by atoms with Gasteiger partial charge < -0.3 is 77.4 Å². The van der Waals surface area contributed by atoms with E-state index in [9.17, 15) is 127 Å². The molecule has 1 aromatic heterocycles. The van der Waals surface area contributed by atoms with Crippen LogP contribution in [0.25, 0.3) is 22.3 Å². The van der Waals surface area contributed by atoms with Gasteiger partial charge in [-0.2, -0.15) is 8.42 Å². The number of rotatable bonds is 24. The quantitative estimate of drug-likeness (QED) is 0.0494. The summed E-state index contributed by atoms with van der Waals surface area (Å²) in [5.41, 5.74) is -4.49. The van der Waals surface area contributed by atoms with E-state index < -0.39 is 218 Å². The van der Waals surface area contributed by atoms with Gasteiger partial charge in [0, 0.05) is 11.6 Å². The van der Waals surface area contributed by atoms with E-state index in [0.29, 0.717) is 13.0 Å². The number of ether oxygens (including phenoxy) is 4. The minimum Gasteiger partial charge on any atom is -0.872 e. The smallest absolute Gasteiger partial charge is 0.872 e. The average Bonchev–Trinajstić information content (AvgIpc) is 3.19. The average molecular weight is 1530 g/mol. The van der Waals surface area contributed by atoms with Crippen LogP contribution in [-0.2, 0) is 133 Å². The molecule has 43 nitrogen and oxygen atoms in total. The van der Waals surface area contributed by atoms with Crippen LogP contribution in [0.1, 0.15) is 6.92 Å². The topological polar surface area (TPSA) is 685 Å². The Bertz CT molecular complexity index is 3990. The van der Waals surface area contributed by atoms with E-state index in [1.807, 2.05) is 0 Å². The van der Waals surface area contributed by atoms with E-state index in [2.05, 4.69) is 37.6 Å². The van der Waals surface area contributed by atoms with Crippen molar-refractivity contribution in [3.63, 3.8) is 0 Å². The van der Waals surface area contributed by atoms with Crippen molar-refractivity contribution in [2.75, 3.05) is 6.61 Å². The van der Waals surface area contributed by atoms with Crippen LogP contribution in [0.4, 0.5) is 0 Å². The van der Waals surface area contributed by atoms with E-state index in [1.165, 1.54) is 0 Å². The zero-order valence-electron chi connectivity index (χ0n) is 45.6. The number of fused-ring (bicyclic) bond motifs is 1. The van der Waals surface area contributed by atoms with Gasteiger partial charge in [0.15, 0.2) is 35.8 Å². The van der Waals surface area contributed by atoms with Gasteiger partial charge in [-0.15, -0.1) is 0 Å². The molecule has 10 atom stereocenters. The van der Waals surface area contributed by atoms with Gasteiger partial charge in [-0.25, -0.2) is 71.5 Å². The summed E-state index contributed by atoms with van der Waals surface area (Å²) in [5.74, 6) is -9.66. The Morgan fingerprint density at radius 2 is 0.886 bits per heavy atom. The molecule has 0 saturated carbocycles. The summed E-state index contributed by atoms with van der Waals surface area (Å²) in [7, 11) is -56.3. The molecule has 2 aliphatic heterocycles. The normalized spacial score (nSPS) is 22.6. The molecule has 2 fully saturated rings. The van der Waals surface area contributed by atoms with Crippen molar-refractivity contribution in [3.8, 4) is 40.1 Å². The second-order valence-corrected chi connectivity index (χ2v) is 23.6. The van der Waals surface area contributed by atoms with Gasteiger partial charge in [0.05, 0.1) is 18.1 Å². The molecular weight excluding hydrogens is 1510 g/mol. The number of benzene rings is 2. The van der Waals surface area contributed by atoms with Gasteiger partial charge in [-0.05, 0) is 31.2 Å². The Morgan fingerprint density at radius 1 is 0.477 bits per heavy atom. The molecule has 61 heteroatoms. The molecule has 0 unspecified atom stereocenters. The first-order chi connectivity index (χ1) is 35.4. The van der Waals surface area contributed by atoms with Crippen molar-refractivity contribution in [1.29, 1.82) is 0 Å². The molecule has 3 heterocycles. The summed E-state index contributed by atoms with van der Waals surface area (Å²) in [4.78, 5) is 14.4. The Labute approximate surface area is 696 Å². The Morgan fingerprint density at radius 3 is 1.33 bits per heavy atom. The molecule has 0 amide bonds. The molecule has 450 valence electrons. The summed E-state index contributed by atoms with van der Waals surface area (Å²) >= 11 is 0. The fourth-order valence-electron chi connectivity index (χ4n) is 6.72. The fourth-order valence-corrected chi connectivity index (χ4v) is 10.7. The number of hydrogen-bond acceptors (Lipinski definition) is 42. The molecular formula is C27H21Na9O43S9. The fraction of sp³-hybridized carbons (Fsp3) is 0.444. The molecule has 5 rings (SSSR count). The maximum Gasteiger partial charge on any atom is 1.00 e. The third-order valence-corrected chi connectivity index (χ3v) is 13.0. The van der Waals surface area contributed by atoms with Crippen molar-refractivity contribution in [3.05, 3.63) is 40.6 Å². The molecule has 2 saturated heterocycles. The van der Waals surface area contributed by atoms with E-state index in [-0.39, 0.29) is 290 Å². The largest absolute Gasteiger partial charge is 1.00 e. The Balaban J connectivity index is -0.00000255. The van der Waals surface area contributed by atoms with E-state index in [1.54, 1.807) is 0 Å². The number of hydrogen-bond donors (Lipinski definition) is 1. The molecule has 2 aromatic carbocycles. The third-order valence-electron chi connectivity index (χ3n) is 9.03. The van der Waals surface area contributed by atoms with Crippen LogP contribution in [0.15, 0.2) is 39.5 Å². The minimum absolute atomic E-state index is 0. The summed E-state index contributed by atoms with van der Waals surface area (Å²) in [6.07, 6.45) is -31.7. The standard InChI is InChI=1S/C27H30O43S9.9Na/c1-8-18(65-74(39,40)41)22(67-76(45,46)47)24(69-78(51,52)53)26(58-8)57-7-15-20(66-75(42,43)44)23(68-77(48,49)50)25(70-79(54,55)56)27(60-15)61-21-17(29)16-11(28)5-10(62-71(30,31)32)6-14(16)59-19(21)9-2-3-12(63-72(33,34)35)13(4-9)64-73(36,37)38;;;;;;;;;/h2-6,8,15,18,20,22-28H,7H2,1H3,(H,30,31,32)(H,33,34,35)(H,36,37,38)(H,39,40,41)(H,42,43,44)(H,45,46,47)(H,48,49,50)(H,51,52,53)(H,54,55,56);;;;;;;;;/q;9*+1/p-9/t8-,15+,18-,20+,22+,23-,24+,25+,26+,27-;;;;;;;;;/m0........./s1. The van der Waals surface area contributed by atoms with Crippen molar-refractivity contribution < 1.29 is 449 Å². The third kappa shape index (κ3) is 33.3. The first-order valence-corrected chi connectivity index (χ1v) is 30.8. The summed E-state index contributed by atoms with van der Waals surface area (Å²) in [6.45, 7) is -1.43.